The first kappa shape index (κ1) is 13.2. The van der Waals surface area contributed by atoms with Gasteiger partial charge in [-0.1, -0.05) is 52.0 Å². The summed E-state index contributed by atoms with van der Waals surface area (Å²) < 4.78 is 0. The molecule has 1 nitrogen and oxygen atoms in total. The predicted octanol–water partition coefficient (Wildman–Crippen LogP) is 3.87. The first-order valence-corrected chi connectivity index (χ1v) is 5.38. The van der Waals surface area contributed by atoms with Crippen molar-refractivity contribution in [1.29, 1.82) is 0 Å². The number of hydrogen-bond donors (Lipinski definition) is 0. The van der Waals surface area contributed by atoms with Crippen LogP contribution in [-0.2, 0) is 0 Å². The fourth-order valence-corrected chi connectivity index (χ4v) is 0.805. The Labute approximate surface area is 88.6 Å². The molecule has 0 bridgehead atoms. The van der Waals surface area contributed by atoms with Gasteiger partial charge in [0.2, 0.25) is 0 Å². The van der Waals surface area contributed by atoms with Crippen LogP contribution < -0.4 is 0 Å². The Balaban J connectivity index is 3.79. The fraction of sp³-hybridized carbons (Fsp3) is 0.615. The molecule has 1 heteroatoms. The third-order valence-corrected chi connectivity index (χ3v) is 2.02. The molecule has 0 aliphatic heterocycles. The summed E-state index contributed by atoms with van der Waals surface area (Å²) in [5, 5.41) is 0. The Morgan fingerprint density at radius 3 is 2.29 bits per heavy atom. The van der Waals surface area contributed by atoms with Gasteiger partial charge in [-0.25, -0.2) is 0 Å². The quantitative estimate of drug-likeness (QED) is 0.464. The van der Waals surface area contributed by atoms with Crippen LogP contribution in [0.5, 0.6) is 0 Å². The van der Waals surface area contributed by atoms with Crippen molar-refractivity contribution >= 4 is 5.71 Å². The minimum atomic E-state index is 0.564. The molecule has 0 saturated heterocycles. The Morgan fingerprint density at radius 1 is 1.14 bits per heavy atom. The molecule has 0 spiro atoms. The van der Waals surface area contributed by atoms with E-state index in [1.165, 1.54) is 5.71 Å². The van der Waals surface area contributed by atoms with Gasteiger partial charge >= 0.3 is 0 Å². The predicted molar refractivity (Wildman–Crippen MR) is 65.9 cm³/mol. The van der Waals surface area contributed by atoms with Gasteiger partial charge in [0, 0.05) is 5.71 Å². The molecule has 0 N–H and O–H groups in total. The summed E-state index contributed by atoms with van der Waals surface area (Å²) in [4.78, 5) is 4.44. The van der Waals surface area contributed by atoms with Crippen LogP contribution in [0.25, 0.3) is 0 Å². The molecule has 0 fully saturated rings. The van der Waals surface area contributed by atoms with Gasteiger partial charge in [0.25, 0.3) is 0 Å². The second-order valence-corrected chi connectivity index (χ2v) is 4.19. The molecule has 0 aliphatic carbocycles. The number of hydrogen-bond acceptors (Lipinski definition) is 1. The van der Waals surface area contributed by atoms with E-state index in [9.17, 15) is 0 Å². The van der Waals surface area contributed by atoms with Gasteiger partial charge in [0.15, 0.2) is 0 Å². The molecule has 0 aromatic heterocycles. The molecule has 0 aromatic carbocycles. The van der Waals surface area contributed by atoms with Crippen molar-refractivity contribution < 1.29 is 0 Å². The van der Waals surface area contributed by atoms with Crippen molar-refractivity contribution in [3.8, 4) is 0 Å². The minimum Gasteiger partial charge on any atom is -0.290 e. The lowest BCUT2D eigenvalue weighted by Gasteiger charge is -2.01. The van der Waals surface area contributed by atoms with Gasteiger partial charge in [-0.3, -0.25) is 4.99 Å². The smallest absolute Gasteiger partial charge is 0.0572 e. The van der Waals surface area contributed by atoms with Crippen LogP contribution in [0.1, 0.15) is 34.6 Å². The van der Waals surface area contributed by atoms with E-state index in [-0.39, 0.29) is 0 Å². The molecule has 14 heavy (non-hydrogen) atoms. The van der Waals surface area contributed by atoms with Crippen molar-refractivity contribution in [3.05, 3.63) is 24.3 Å². The highest BCUT2D eigenvalue weighted by Gasteiger charge is 1.94. The third-order valence-electron chi connectivity index (χ3n) is 2.02. The van der Waals surface area contributed by atoms with E-state index < -0.39 is 0 Å². The maximum absolute atomic E-state index is 4.44. The van der Waals surface area contributed by atoms with Crippen LogP contribution in [0.15, 0.2) is 29.3 Å². The largest absolute Gasteiger partial charge is 0.290 e. The SMILES string of the molecule is CC(=NC/C=C\C=C/C(C)C)C(C)C. The molecule has 0 heterocycles. The topological polar surface area (TPSA) is 12.4 Å². The average molecular weight is 193 g/mol. The highest BCUT2D eigenvalue weighted by atomic mass is 14.7. The summed E-state index contributed by atoms with van der Waals surface area (Å²) >= 11 is 0. The monoisotopic (exact) mass is 193 g/mol. The highest BCUT2D eigenvalue weighted by Crippen LogP contribution is 1.96. The number of rotatable bonds is 5. The van der Waals surface area contributed by atoms with Gasteiger partial charge < -0.3 is 0 Å². The summed E-state index contributed by atoms with van der Waals surface area (Å²) in [6.07, 6.45) is 8.42. The van der Waals surface area contributed by atoms with E-state index in [0.29, 0.717) is 11.8 Å². The van der Waals surface area contributed by atoms with Crippen LogP contribution >= 0.6 is 0 Å². The number of allylic oxidation sites excluding steroid dienone is 3. The molecule has 0 saturated carbocycles. The second kappa shape index (κ2) is 7.54. The second-order valence-electron chi connectivity index (χ2n) is 4.19. The summed E-state index contributed by atoms with van der Waals surface area (Å²) in [5.74, 6) is 1.19. The van der Waals surface area contributed by atoms with Gasteiger partial charge in [-0.05, 0) is 18.8 Å². The third kappa shape index (κ3) is 7.78. The first-order chi connectivity index (χ1) is 6.54. The zero-order valence-corrected chi connectivity index (χ0v) is 10.1. The lowest BCUT2D eigenvalue weighted by molar-refractivity contribution is 0.832. The maximum atomic E-state index is 4.44. The molecular formula is C13H23N. The lowest BCUT2D eigenvalue weighted by Crippen LogP contribution is -2.01. The highest BCUT2D eigenvalue weighted by molar-refractivity contribution is 5.83. The number of aliphatic imine (C=N–C) groups is 1. The Hall–Kier alpha value is -0.850. The molecule has 80 valence electrons. The van der Waals surface area contributed by atoms with Gasteiger partial charge in [0.1, 0.15) is 0 Å². The molecule has 0 aliphatic rings. The first-order valence-electron chi connectivity index (χ1n) is 5.38. The van der Waals surface area contributed by atoms with E-state index in [1.807, 2.05) is 0 Å². The van der Waals surface area contributed by atoms with Crippen molar-refractivity contribution in [1.82, 2.24) is 0 Å². The molecule has 0 rings (SSSR count). The summed E-state index contributed by atoms with van der Waals surface area (Å²) in [5.41, 5.74) is 1.22. The summed E-state index contributed by atoms with van der Waals surface area (Å²) in [6, 6.07) is 0. The average Bonchev–Trinajstić information content (AvgIpc) is 2.09. The van der Waals surface area contributed by atoms with E-state index in [0.717, 1.165) is 6.54 Å². The van der Waals surface area contributed by atoms with Crippen LogP contribution in [0, 0.1) is 11.8 Å². The molecule has 0 amide bonds. The zero-order chi connectivity index (χ0) is 11.0. The van der Waals surface area contributed by atoms with Crippen molar-refractivity contribution in [2.24, 2.45) is 16.8 Å². The van der Waals surface area contributed by atoms with Crippen LogP contribution in [0.4, 0.5) is 0 Å². The van der Waals surface area contributed by atoms with Crippen LogP contribution in [0.2, 0.25) is 0 Å². The fourth-order valence-electron chi connectivity index (χ4n) is 0.805. The Morgan fingerprint density at radius 2 is 1.79 bits per heavy atom. The molecule has 0 unspecified atom stereocenters. The lowest BCUT2D eigenvalue weighted by atomic mass is 10.1. The van der Waals surface area contributed by atoms with Gasteiger partial charge in [-0.15, -0.1) is 0 Å². The summed E-state index contributed by atoms with van der Waals surface area (Å²) in [7, 11) is 0. The number of nitrogens with zero attached hydrogens (tertiary/aromatic N) is 1. The van der Waals surface area contributed by atoms with Gasteiger partial charge in [-0.2, -0.15) is 0 Å². The Bertz CT molecular complexity index is 219. The molecule has 0 aromatic rings. The van der Waals surface area contributed by atoms with Crippen molar-refractivity contribution in [2.45, 2.75) is 34.6 Å². The van der Waals surface area contributed by atoms with Crippen molar-refractivity contribution in [3.63, 3.8) is 0 Å². The normalized spacial score (nSPS) is 14.1. The van der Waals surface area contributed by atoms with E-state index in [2.05, 4.69) is 63.9 Å². The van der Waals surface area contributed by atoms with Crippen LogP contribution in [0.3, 0.4) is 0 Å². The maximum Gasteiger partial charge on any atom is 0.0572 e. The minimum absolute atomic E-state index is 0.564. The Kier molecular flexibility index (Phi) is 7.09. The molecule has 0 radical (unpaired) electrons. The zero-order valence-electron chi connectivity index (χ0n) is 10.1. The molecule has 0 atom stereocenters. The van der Waals surface area contributed by atoms with E-state index in [1.54, 1.807) is 0 Å². The van der Waals surface area contributed by atoms with Crippen LogP contribution in [-0.4, -0.2) is 12.3 Å². The van der Waals surface area contributed by atoms with Crippen molar-refractivity contribution in [2.75, 3.05) is 6.54 Å². The van der Waals surface area contributed by atoms with Gasteiger partial charge in [0.05, 0.1) is 6.54 Å². The van der Waals surface area contributed by atoms with E-state index >= 15 is 0 Å². The molecular weight excluding hydrogens is 170 g/mol. The summed E-state index contributed by atoms with van der Waals surface area (Å²) in [6.45, 7) is 11.6. The standard InChI is InChI=1S/C13H23N/c1-11(2)9-7-6-8-10-14-13(5)12(3)4/h6-9,11-12H,10H2,1-5H3/b8-6-,9-7-,14-13?. The van der Waals surface area contributed by atoms with E-state index in [4.69, 9.17) is 0 Å².